The maximum absolute atomic E-state index is 12.6. The number of thiophene rings is 3. The quantitative estimate of drug-likeness (QED) is 0.0158. The van der Waals surface area contributed by atoms with Gasteiger partial charge in [-0.05, 0) is 148 Å². The lowest BCUT2D eigenvalue weighted by Gasteiger charge is -2.10. The topological polar surface area (TPSA) is 441 Å². The summed E-state index contributed by atoms with van der Waals surface area (Å²) < 4.78 is 29.4. The molecule has 0 unspecified atom stereocenters. The number of hydrogen-bond acceptors (Lipinski definition) is 32. The summed E-state index contributed by atoms with van der Waals surface area (Å²) in [4.78, 5) is 149. The molecule has 0 bridgehead atoms. The van der Waals surface area contributed by atoms with E-state index in [9.17, 15) is 63.0 Å². The molecule has 0 aliphatic rings. The van der Waals surface area contributed by atoms with Crippen molar-refractivity contribution >= 4 is 246 Å². The first-order valence-corrected chi connectivity index (χ1v) is 43.1. The second-order valence-corrected chi connectivity index (χ2v) is 35.1. The van der Waals surface area contributed by atoms with Crippen LogP contribution >= 0.6 is 137 Å². The van der Waals surface area contributed by atoms with Crippen LogP contribution in [-0.4, -0.2) is 105 Å². The number of ether oxygens (including phenoxy) is 2. The number of hydrogen-bond donors (Lipinski definition) is 8. The van der Waals surface area contributed by atoms with Crippen LogP contribution in [0.1, 0.15) is 105 Å². The van der Waals surface area contributed by atoms with Gasteiger partial charge in [-0.25, -0.2) is 48.9 Å². The monoisotopic (exact) mass is 1840 g/mol. The second-order valence-electron chi connectivity index (χ2n) is 23.2. The van der Waals surface area contributed by atoms with Gasteiger partial charge in [-0.3, -0.25) is 75.6 Å². The third kappa shape index (κ3) is 30.1. The highest BCUT2D eigenvalue weighted by Crippen LogP contribution is 2.37. The fourth-order valence-electron chi connectivity index (χ4n) is 8.85. The smallest absolute Gasteiger partial charge is 0.345 e. The Morgan fingerprint density at radius 2 is 1.03 bits per heavy atom. The Hall–Kier alpha value is -11.6. The molecule has 14 rings (SSSR count). The molecule has 11 aromatic heterocycles. The number of nitrogens with one attached hydrogen (secondary N) is 8. The Labute approximate surface area is 726 Å². The van der Waals surface area contributed by atoms with E-state index in [0.717, 1.165) is 74.4 Å². The molecule has 119 heavy (non-hydrogen) atoms. The zero-order valence-electron chi connectivity index (χ0n) is 62.1. The number of aryl methyl sites for hydroxylation is 5. The van der Waals surface area contributed by atoms with Crippen LogP contribution < -0.4 is 47.3 Å². The molecular weight excluding hydrogens is 1780 g/mol. The van der Waals surface area contributed by atoms with Gasteiger partial charge in [-0.2, -0.15) is 0 Å². The van der Waals surface area contributed by atoms with Crippen LogP contribution in [0.15, 0.2) is 162 Å². The predicted molar refractivity (Wildman–Crippen MR) is 472 cm³/mol. The van der Waals surface area contributed by atoms with E-state index in [1.165, 1.54) is 116 Å². The average molecular weight is 1850 g/mol. The fourth-order valence-corrected chi connectivity index (χ4v) is 16.5. The number of benzene rings is 3. The Balaban J connectivity index is 0.000000179. The van der Waals surface area contributed by atoms with Gasteiger partial charge < -0.3 is 29.8 Å². The number of fused-ring (bicyclic) bond motifs is 1. The van der Waals surface area contributed by atoms with Crippen molar-refractivity contribution in [1.29, 1.82) is 0 Å². The summed E-state index contributed by atoms with van der Waals surface area (Å²) >= 11 is 24.9. The average Bonchev–Trinajstić information content (AvgIpc) is 1.65. The lowest BCUT2D eigenvalue weighted by Crippen LogP contribution is -2.19. The minimum Gasteiger partial charge on any atom is -0.481 e. The van der Waals surface area contributed by atoms with Gasteiger partial charge in [-0.15, -0.1) is 90.7 Å². The zero-order valence-corrected chi connectivity index (χ0v) is 71.8. The highest BCUT2D eigenvalue weighted by molar-refractivity contribution is 7.22. The standard InChI is InChI=1S/C15H15N3O6S.C13H9ClN2OS2.C13H10N2O2S2.C12H13N5O4S2.C11H10FN3OS.C9H7ClN2OS2.CH4/c1-2-7-23-13(19)9-24-11-6-4-3-5-10(11)14(20)17-15-16-8-12(25-15)18(21)22;1-7-6-15-13(18-7)16-12(17)11-10(14)8-4-2-3-5-9(8)19-11;1-8-7-14-13(19-8)15-12(16)10-5-4-9(17-10)11-3-2-6-18-11;1-7-5-13-11(22-7)15-8(18)3-2-4-9(19)16-12-14-6-10(23-12)17(20)21;1-7-6-13-11(17-7)15-10(16)14-9-4-2-8(12)3-5-9;1-5-7(10)11-9(15-5)12-8(13)6-3-2-4-14-6;/h3-6,8H,2,7,9H2,1H3,(H,16,17,20);2-6H,1H3,(H,15,16,17);2-7H,1H3,(H,14,15,16);5-6H,2-4H2,1H3,(H,13,15,18)(H,14,16,19);2-6H,1H3,(H2,13,14,15,16);2-4H,1H3,(H,11,12,13);1H4. The number of esters is 1. The Kier molecular flexibility index (Phi) is 36.3. The number of rotatable bonds is 24. The van der Waals surface area contributed by atoms with Crippen LogP contribution in [-0.2, 0) is 19.1 Å². The summed E-state index contributed by atoms with van der Waals surface area (Å²) in [6.07, 6.45) is 10.3. The number of carbonyl (C=O) groups excluding carboxylic acids is 8. The van der Waals surface area contributed by atoms with E-state index >= 15 is 0 Å². The molecule has 32 nitrogen and oxygen atoms in total. The highest BCUT2D eigenvalue weighted by Gasteiger charge is 2.22. The molecule has 0 atom stereocenters. The molecule has 0 radical (unpaired) electrons. The molecule has 0 aliphatic heterocycles. The van der Waals surface area contributed by atoms with Crippen molar-refractivity contribution in [3.8, 4) is 16.4 Å². The summed E-state index contributed by atoms with van der Waals surface area (Å²) in [5.74, 6) is -1.43. The van der Waals surface area contributed by atoms with Crippen molar-refractivity contribution in [2.24, 2.45) is 0 Å². The molecule has 0 spiro atoms. The molecular formula is C74H68Cl2FN17O15S10. The molecule has 0 saturated carbocycles. The molecule has 3 aromatic carbocycles. The Bertz CT molecular complexity index is 5740. The maximum atomic E-state index is 12.6. The SMILES string of the molecule is C.CCCOC(=O)COc1ccccc1C(=O)Nc1ncc([N+](=O)[O-])s1.Cc1cnc(NC(=O)CCCC(=O)Nc2ncc([N+](=O)[O-])s2)s1.Cc1cnc(NC(=O)Nc2ccc(F)cc2)s1.Cc1cnc(NC(=O)c2ccc(-c3cccs3)o2)s1.Cc1cnc(NC(=O)c2sc3ccccc3c2Cl)s1.Cc1sc(NC(=O)c2cccs2)nc1Cl. The number of aromatic nitrogens is 7. The van der Waals surface area contributed by atoms with E-state index in [0.29, 0.717) is 76.5 Å². The molecule has 14 aromatic rings. The van der Waals surface area contributed by atoms with Crippen LogP contribution in [0.4, 0.5) is 60.8 Å². The van der Waals surface area contributed by atoms with Gasteiger partial charge in [0.2, 0.25) is 11.8 Å². The lowest BCUT2D eigenvalue weighted by atomic mass is 10.2. The summed E-state index contributed by atoms with van der Waals surface area (Å²) in [5.41, 5.74) is 0.695. The van der Waals surface area contributed by atoms with E-state index in [1.54, 1.807) is 66.5 Å². The van der Waals surface area contributed by atoms with Crippen molar-refractivity contribution in [3.63, 3.8) is 0 Å². The Morgan fingerprint density at radius 3 is 1.55 bits per heavy atom. The molecule has 0 saturated heterocycles. The number of amides is 8. The van der Waals surface area contributed by atoms with E-state index in [-0.39, 0.29) is 99.6 Å². The third-order valence-electron chi connectivity index (χ3n) is 14.1. The lowest BCUT2D eigenvalue weighted by molar-refractivity contribution is -0.380. The first-order valence-electron chi connectivity index (χ1n) is 34.1. The number of thiazole rings is 7. The van der Waals surface area contributed by atoms with Crippen molar-refractivity contribution in [2.75, 3.05) is 55.7 Å². The summed E-state index contributed by atoms with van der Waals surface area (Å²) in [6, 6.07) is 30.1. The molecule has 8 amide bonds. The number of halogens is 3. The third-order valence-corrected chi connectivity index (χ3v) is 23.9. The van der Waals surface area contributed by atoms with Crippen LogP contribution in [0.3, 0.4) is 0 Å². The normalized spacial score (nSPS) is 10.3. The van der Waals surface area contributed by atoms with Gasteiger partial charge in [0.15, 0.2) is 48.3 Å². The second kappa shape index (κ2) is 46.5. The van der Waals surface area contributed by atoms with E-state index in [1.807, 2.05) is 94.8 Å². The number of urea groups is 1. The van der Waals surface area contributed by atoms with Crippen molar-refractivity contribution in [2.45, 2.75) is 74.7 Å². The van der Waals surface area contributed by atoms with Gasteiger partial charge >= 0.3 is 22.0 Å². The van der Waals surface area contributed by atoms with Crippen molar-refractivity contribution in [1.82, 2.24) is 34.9 Å². The molecule has 0 fully saturated rings. The van der Waals surface area contributed by atoms with Gasteiger partial charge in [0.25, 0.3) is 23.6 Å². The number of nitro groups is 2. The minimum atomic E-state index is -0.591. The van der Waals surface area contributed by atoms with E-state index < -0.39 is 27.8 Å². The van der Waals surface area contributed by atoms with Crippen molar-refractivity contribution < 1.29 is 66.5 Å². The Morgan fingerprint density at radius 1 is 0.521 bits per heavy atom. The summed E-state index contributed by atoms with van der Waals surface area (Å²) in [5, 5.41) is 50.5. The summed E-state index contributed by atoms with van der Waals surface area (Å²) in [7, 11) is 0. The molecule has 620 valence electrons. The van der Waals surface area contributed by atoms with Gasteiger partial charge in [0.05, 0.1) is 36.8 Å². The number of furan rings is 1. The first-order chi connectivity index (χ1) is 56.6. The van der Waals surface area contributed by atoms with Crippen LogP contribution in [0.2, 0.25) is 10.2 Å². The molecule has 45 heteroatoms. The first kappa shape index (κ1) is 92.9. The van der Waals surface area contributed by atoms with Crippen LogP contribution in [0.25, 0.3) is 20.7 Å². The maximum Gasteiger partial charge on any atom is 0.345 e. The number of carbonyl (C=O) groups is 8. The largest absolute Gasteiger partial charge is 0.481 e. The van der Waals surface area contributed by atoms with E-state index in [2.05, 4.69) is 77.4 Å². The fraction of sp³-hybridized carbons (Fsp3) is 0.176. The van der Waals surface area contributed by atoms with Crippen LogP contribution in [0.5, 0.6) is 5.75 Å². The minimum absolute atomic E-state index is 0. The highest BCUT2D eigenvalue weighted by atomic mass is 35.5. The number of nitrogens with zero attached hydrogens (tertiary/aromatic N) is 9. The van der Waals surface area contributed by atoms with Gasteiger partial charge in [-0.1, -0.05) is 80.0 Å². The molecule has 0 aliphatic carbocycles. The number of anilines is 8. The molecule has 11 heterocycles. The van der Waals surface area contributed by atoms with Gasteiger partial charge in [0, 0.05) is 77.8 Å². The zero-order chi connectivity index (χ0) is 84.8. The number of para-hydroxylation sites is 1. The predicted octanol–water partition coefficient (Wildman–Crippen LogP) is 21.1. The summed E-state index contributed by atoms with van der Waals surface area (Å²) in [6.45, 7) is 11.4. The van der Waals surface area contributed by atoms with Gasteiger partial charge in [0.1, 0.15) is 39.8 Å². The van der Waals surface area contributed by atoms with Crippen LogP contribution in [0, 0.1) is 60.7 Å². The van der Waals surface area contributed by atoms with E-state index in [4.69, 9.17) is 37.1 Å². The van der Waals surface area contributed by atoms with Crippen molar-refractivity contribution in [3.05, 3.63) is 239 Å². The molecule has 8 N–H and O–H groups in total.